The molecule has 0 N–H and O–H groups in total. The normalized spacial score (nSPS) is 17.1. The van der Waals surface area contributed by atoms with Crippen LogP contribution in [0.1, 0.15) is 48.0 Å². The van der Waals surface area contributed by atoms with Crippen molar-refractivity contribution in [3.05, 3.63) is 52.5 Å². The van der Waals surface area contributed by atoms with Crippen molar-refractivity contribution in [1.82, 2.24) is 14.9 Å². The Bertz CT molecular complexity index is 867. The van der Waals surface area contributed by atoms with Crippen molar-refractivity contribution in [3.63, 3.8) is 0 Å². The van der Waals surface area contributed by atoms with Crippen molar-refractivity contribution in [2.24, 2.45) is 5.92 Å². The molecule has 0 radical (unpaired) electrons. The minimum Gasteiger partial charge on any atom is -0.353 e. The van der Waals surface area contributed by atoms with Crippen molar-refractivity contribution in [2.45, 2.75) is 46.5 Å². The molecule has 1 aliphatic heterocycles. The molecule has 2 fully saturated rings. The number of carbonyl (C=O) groups excluding carboxylic acids is 1. The summed E-state index contributed by atoms with van der Waals surface area (Å²) in [7, 11) is 0. The van der Waals surface area contributed by atoms with Crippen LogP contribution in [-0.2, 0) is 17.6 Å². The zero-order valence-electron chi connectivity index (χ0n) is 17.2. The second kappa shape index (κ2) is 7.90. The Balaban J connectivity index is 1.59. The summed E-state index contributed by atoms with van der Waals surface area (Å²) in [5.41, 5.74) is 4.95. The number of benzene rings is 1. The molecule has 1 saturated carbocycles. The second-order valence-electron chi connectivity index (χ2n) is 8.13. The molecule has 2 aliphatic rings. The highest BCUT2D eigenvalue weighted by atomic mass is 16.2. The molecule has 1 aromatic carbocycles. The maximum atomic E-state index is 12.4. The van der Waals surface area contributed by atoms with Gasteiger partial charge in [0.15, 0.2) is 0 Å². The quantitative estimate of drug-likeness (QED) is 0.801. The molecule has 5 heteroatoms. The Morgan fingerprint density at radius 3 is 2.50 bits per heavy atom. The van der Waals surface area contributed by atoms with Crippen LogP contribution in [0.4, 0.5) is 5.82 Å². The van der Waals surface area contributed by atoms with Crippen LogP contribution in [-0.4, -0.2) is 47.0 Å². The Labute approximate surface area is 167 Å². The first-order chi connectivity index (χ1) is 13.5. The molecule has 1 amide bonds. The fourth-order valence-electron chi connectivity index (χ4n) is 4.13. The summed E-state index contributed by atoms with van der Waals surface area (Å²) in [5, 5.41) is 0. The third-order valence-corrected chi connectivity index (χ3v) is 5.80. The minimum absolute atomic E-state index is 0.302. The molecule has 1 saturated heterocycles. The summed E-state index contributed by atoms with van der Waals surface area (Å²) >= 11 is 0. The van der Waals surface area contributed by atoms with E-state index < -0.39 is 0 Å². The number of aromatic nitrogens is 2. The van der Waals surface area contributed by atoms with E-state index in [0.29, 0.717) is 11.8 Å². The minimum atomic E-state index is 0.302. The highest BCUT2D eigenvalue weighted by Gasteiger charge is 2.35. The maximum Gasteiger partial charge on any atom is 0.225 e. The van der Waals surface area contributed by atoms with Crippen LogP contribution in [0.15, 0.2) is 24.3 Å². The second-order valence-corrected chi connectivity index (χ2v) is 8.13. The first-order valence-electron chi connectivity index (χ1n) is 10.5. The van der Waals surface area contributed by atoms with Gasteiger partial charge in [-0.15, -0.1) is 0 Å². The van der Waals surface area contributed by atoms with Gasteiger partial charge in [-0.3, -0.25) is 4.79 Å². The summed E-state index contributed by atoms with van der Waals surface area (Å²) in [6.45, 7) is 9.56. The van der Waals surface area contributed by atoms with E-state index in [0.717, 1.165) is 69.2 Å². The van der Waals surface area contributed by atoms with Gasteiger partial charge >= 0.3 is 0 Å². The molecule has 0 unspecified atom stereocenters. The third kappa shape index (κ3) is 4.03. The standard InChI is InChI=1S/C23H30N4O/c1-4-21-20(15-18-7-5-6-16(2)14-18)22(25-17(3)24-21)26-10-12-27(13-11-26)23(28)19-8-9-19/h5-7,14,19H,4,8-13,15H2,1-3H3. The smallest absolute Gasteiger partial charge is 0.225 e. The highest BCUT2D eigenvalue weighted by molar-refractivity contribution is 5.81. The molecule has 5 nitrogen and oxygen atoms in total. The zero-order chi connectivity index (χ0) is 19.7. The van der Waals surface area contributed by atoms with Crippen molar-refractivity contribution < 1.29 is 4.79 Å². The molecule has 0 spiro atoms. The predicted octanol–water partition coefficient (Wildman–Crippen LogP) is 3.31. The number of aryl methyl sites for hydroxylation is 3. The number of piperazine rings is 1. The average molecular weight is 379 g/mol. The first kappa shape index (κ1) is 18.9. The Hall–Kier alpha value is -2.43. The SMILES string of the molecule is CCc1nc(C)nc(N2CCN(C(=O)C3CC3)CC2)c1Cc1cccc(C)c1. The number of hydrogen-bond acceptors (Lipinski definition) is 4. The number of anilines is 1. The van der Waals surface area contributed by atoms with Gasteiger partial charge in [-0.2, -0.15) is 0 Å². The molecular weight excluding hydrogens is 348 g/mol. The molecule has 2 heterocycles. The summed E-state index contributed by atoms with van der Waals surface area (Å²) in [6.07, 6.45) is 3.90. The lowest BCUT2D eigenvalue weighted by atomic mass is 10.0. The topological polar surface area (TPSA) is 49.3 Å². The van der Waals surface area contributed by atoms with Crippen LogP contribution >= 0.6 is 0 Å². The fraction of sp³-hybridized carbons (Fsp3) is 0.522. The number of nitrogens with zero attached hydrogens (tertiary/aromatic N) is 4. The first-order valence-corrected chi connectivity index (χ1v) is 10.5. The molecule has 1 aliphatic carbocycles. The number of rotatable bonds is 5. The monoisotopic (exact) mass is 378 g/mol. The van der Waals surface area contributed by atoms with Gasteiger partial charge in [-0.25, -0.2) is 9.97 Å². The van der Waals surface area contributed by atoms with Gasteiger partial charge in [0.05, 0.1) is 0 Å². The molecule has 4 rings (SSSR count). The Kier molecular flexibility index (Phi) is 5.33. The third-order valence-electron chi connectivity index (χ3n) is 5.80. The van der Waals surface area contributed by atoms with Gasteiger partial charge in [-0.05, 0) is 38.7 Å². The summed E-state index contributed by atoms with van der Waals surface area (Å²) < 4.78 is 0. The largest absolute Gasteiger partial charge is 0.353 e. The van der Waals surface area contributed by atoms with Crippen molar-refractivity contribution in [3.8, 4) is 0 Å². The van der Waals surface area contributed by atoms with Crippen LogP contribution in [0.3, 0.4) is 0 Å². The van der Waals surface area contributed by atoms with Crippen molar-refractivity contribution >= 4 is 11.7 Å². The highest BCUT2D eigenvalue weighted by Crippen LogP contribution is 2.32. The van der Waals surface area contributed by atoms with E-state index in [1.807, 2.05) is 11.8 Å². The van der Waals surface area contributed by atoms with Gasteiger partial charge in [-0.1, -0.05) is 36.8 Å². The number of carbonyl (C=O) groups is 1. The molecule has 0 bridgehead atoms. The van der Waals surface area contributed by atoms with Crippen molar-refractivity contribution in [2.75, 3.05) is 31.1 Å². The van der Waals surface area contributed by atoms with Crippen LogP contribution in [0, 0.1) is 19.8 Å². The van der Waals surface area contributed by atoms with Gasteiger partial charge in [0.1, 0.15) is 11.6 Å². The number of amides is 1. The van der Waals surface area contributed by atoms with Crippen molar-refractivity contribution in [1.29, 1.82) is 0 Å². The van der Waals surface area contributed by atoms with Gasteiger partial charge in [0.25, 0.3) is 0 Å². The lowest BCUT2D eigenvalue weighted by Gasteiger charge is -2.36. The lowest BCUT2D eigenvalue weighted by molar-refractivity contribution is -0.132. The Morgan fingerprint density at radius 2 is 1.86 bits per heavy atom. The molecule has 1 aromatic heterocycles. The fourth-order valence-corrected chi connectivity index (χ4v) is 4.13. The molecule has 28 heavy (non-hydrogen) atoms. The van der Waals surface area contributed by atoms with Crippen LogP contribution in [0.25, 0.3) is 0 Å². The number of hydrogen-bond donors (Lipinski definition) is 0. The zero-order valence-corrected chi connectivity index (χ0v) is 17.2. The summed E-state index contributed by atoms with van der Waals surface area (Å²) in [5.74, 6) is 2.55. The van der Waals surface area contributed by atoms with Crippen LogP contribution in [0.2, 0.25) is 0 Å². The van der Waals surface area contributed by atoms with E-state index in [1.54, 1.807) is 0 Å². The van der Waals surface area contributed by atoms with Crippen LogP contribution in [0.5, 0.6) is 0 Å². The molecule has 148 valence electrons. The molecule has 0 atom stereocenters. The lowest BCUT2D eigenvalue weighted by Crippen LogP contribution is -2.49. The maximum absolute atomic E-state index is 12.4. The van der Waals surface area contributed by atoms with Crippen LogP contribution < -0.4 is 4.90 Å². The van der Waals surface area contributed by atoms with E-state index in [2.05, 4.69) is 43.0 Å². The summed E-state index contributed by atoms with van der Waals surface area (Å²) in [6, 6.07) is 8.68. The van der Waals surface area contributed by atoms with E-state index in [1.165, 1.54) is 16.7 Å². The Morgan fingerprint density at radius 1 is 1.11 bits per heavy atom. The van der Waals surface area contributed by atoms with E-state index >= 15 is 0 Å². The summed E-state index contributed by atoms with van der Waals surface area (Å²) in [4.78, 5) is 26.4. The molecule has 2 aromatic rings. The molecular formula is C23H30N4O. The van der Waals surface area contributed by atoms with Gasteiger partial charge in [0.2, 0.25) is 5.91 Å². The predicted molar refractivity (Wildman–Crippen MR) is 112 cm³/mol. The van der Waals surface area contributed by atoms with E-state index in [9.17, 15) is 4.79 Å². The van der Waals surface area contributed by atoms with Gasteiger partial charge in [0, 0.05) is 49.8 Å². The van der Waals surface area contributed by atoms with E-state index in [4.69, 9.17) is 9.97 Å². The average Bonchev–Trinajstić information content (AvgIpc) is 3.54. The van der Waals surface area contributed by atoms with Gasteiger partial charge < -0.3 is 9.80 Å². The van der Waals surface area contributed by atoms with E-state index in [-0.39, 0.29) is 0 Å².